The molecule has 28 heavy (non-hydrogen) atoms. The fourth-order valence-electron chi connectivity index (χ4n) is 3.49. The number of hydrogen-bond acceptors (Lipinski definition) is 4. The average Bonchev–Trinajstić information content (AvgIpc) is 2.74. The SMILES string of the molecule is CN(C)C(=O)N1CCCC(OC(=O)C(O)(c2ccccc2)c2ccccc2)C1. The van der Waals surface area contributed by atoms with Gasteiger partial charge < -0.3 is 19.6 Å². The van der Waals surface area contributed by atoms with Crippen molar-refractivity contribution in [1.29, 1.82) is 0 Å². The first kappa shape index (κ1) is 19.9. The van der Waals surface area contributed by atoms with E-state index in [0.717, 1.165) is 6.42 Å². The van der Waals surface area contributed by atoms with Crippen molar-refractivity contribution >= 4 is 12.0 Å². The molecule has 1 saturated heterocycles. The zero-order valence-corrected chi connectivity index (χ0v) is 16.2. The molecule has 2 amide bonds. The van der Waals surface area contributed by atoms with E-state index >= 15 is 0 Å². The van der Waals surface area contributed by atoms with Crippen molar-refractivity contribution in [3.05, 3.63) is 71.8 Å². The molecule has 0 aliphatic carbocycles. The molecule has 2 aromatic rings. The van der Waals surface area contributed by atoms with E-state index in [2.05, 4.69) is 0 Å². The monoisotopic (exact) mass is 382 g/mol. The number of carbonyl (C=O) groups is 2. The predicted octanol–water partition coefficient (Wildman–Crippen LogP) is 2.61. The number of nitrogens with zero attached hydrogens (tertiary/aromatic N) is 2. The molecule has 1 N–H and O–H groups in total. The van der Waals surface area contributed by atoms with Crippen molar-refractivity contribution in [2.24, 2.45) is 0 Å². The Hall–Kier alpha value is -2.86. The van der Waals surface area contributed by atoms with Crippen LogP contribution in [0.4, 0.5) is 4.79 Å². The summed E-state index contributed by atoms with van der Waals surface area (Å²) in [6, 6.07) is 17.5. The number of ether oxygens (including phenoxy) is 1. The lowest BCUT2D eigenvalue weighted by Gasteiger charge is -2.36. The summed E-state index contributed by atoms with van der Waals surface area (Å²) in [5, 5.41) is 11.5. The maximum atomic E-state index is 13.2. The Morgan fingerprint density at radius 2 is 1.57 bits per heavy atom. The van der Waals surface area contributed by atoms with Crippen LogP contribution in [0.2, 0.25) is 0 Å². The molecule has 1 aliphatic heterocycles. The molecule has 1 atom stereocenters. The number of esters is 1. The molecule has 1 unspecified atom stereocenters. The Morgan fingerprint density at radius 1 is 1.04 bits per heavy atom. The number of rotatable bonds is 4. The summed E-state index contributed by atoms with van der Waals surface area (Å²) in [6.45, 7) is 0.953. The number of benzene rings is 2. The topological polar surface area (TPSA) is 70.1 Å². The minimum absolute atomic E-state index is 0.109. The van der Waals surface area contributed by atoms with Gasteiger partial charge in [-0.15, -0.1) is 0 Å². The van der Waals surface area contributed by atoms with E-state index in [0.29, 0.717) is 30.6 Å². The first-order valence-corrected chi connectivity index (χ1v) is 9.43. The van der Waals surface area contributed by atoms with Crippen LogP contribution in [0.5, 0.6) is 0 Å². The van der Waals surface area contributed by atoms with Crippen molar-refractivity contribution in [1.82, 2.24) is 9.80 Å². The Morgan fingerprint density at radius 3 is 2.07 bits per heavy atom. The van der Waals surface area contributed by atoms with Gasteiger partial charge in [0.25, 0.3) is 0 Å². The predicted molar refractivity (Wildman–Crippen MR) is 106 cm³/mol. The van der Waals surface area contributed by atoms with Gasteiger partial charge in [-0.3, -0.25) is 0 Å². The van der Waals surface area contributed by atoms with Crippen LogP contribution in [0, 0.1) is 0 Å². The highest BCUT2D eigenvalue weighted by Crippen LogP contribution is 2.32. The van der Waals surface area contributed by atoms with Crippen molar-refractivity contribution < 1.29 is 19.4 Å². The number of carbonyl (C=O) groups excluding carboxylic acids is 2. The summed E-state index contributed by atoms with van der Waals surface area (Å²) >= 11 is 0. The van der Waals surface area contributed by atoms with E-state index in [-0.39, 0.29) is 6.03 Å². The van der Waals surface area contributed by atoms with Crippen LogP contribution in [0.25, 0.3) is 0 Å². The van der Waals surface area contributed by atoms with Gasteiger partial charge in [-0.2, -0.15) is 0 Å². The van der Waals surface area contributed by atoms with E-state index in [1.807, 2.05) is 12.1 Å². The Kier molecular flexibility index (Phi) is 5.99. The van der Waals surface area contributed by atoms with Crippen molar-refractivity contribution in [2.75, 3.05) is 27.2 Å². The minimum Gasteiger partial charge on any atom is -0.458 e. The molecule has 2 aromatic carbocycles. The number of amides is 2. The molecule has 148 valence electrons. The lowest BCUT2D eigenvalue weighted by Crippen LogP contribution is -2.49. The van der Waals surface area contributed by atoms with E-state index in [1.54, 1.807) is 67.5 Å². The Labute approximate surface area is 165 Å². The van der Waals surface area contributed by atoms with Gasteiger partial charge in [-0.1, -0.05) is 60.7 Å². The molecule has 0 aromatic heterocycles. The van der Waals surface area contributed by atoms with E-state index in [9.17, 15) is 14.7 Å². The second kappa shape index (κ2) is 8.44. The standard InChI is InChI=1S/C22H26N2O4/c1-23(2)21(26)24-15-9-14-19(16-24)28-20(25)22(27,17-10-5-3-6-11-17)18-12-7-4-8-13-18/h3-8,10-13,19,27H,9,14-16H2,1-2H3. The van der Waals surface area contributed by atoms with Gasteiger partial charge in [0.05, 0.1) is 6.54 Å². The highest BCUT2D eigenvalue weighted by molar-refractivity contribution is 5.85. The molecule has 6 heteroatoms. The summed E-state index contributed by atoms with van der Waals surface area (Å²) in [6.07, 6.45) is 0.944. The van der Waals surface area contributed by atoms with Crippen LogP contribution in [0.1, 0.15) is 24.0 Å². The normalized spacial score (nSPS) is 17.1. The highest BCUT2D eigenvalue weighted by atomic mass is 16.6. The van der Waals surface area contributed by atoms with Crippen LogP contribution in [0.3, 0.4) is 0 Å². The third kappa shape index (κ3) is 4.02. The van der Waals surface area contributed by atoms with Gasteiger partial charge in [0.1, 0.15) is 6.10 Å². The second-order valence-corrected chi connectivity index (χ2v) is 7.24. The summed E-state index contributed by atoms with van der Waals surface area (Å²) < 4.78 is 5.72. The quantitative estimate of drug-likeness (QED) is 0.826. The second-order valence-electron chi connectivity index (χ2n) is 7.24. The molecule has 0 bridgehead atoms. The van der Waals surface area contributed by atoms with E-state index in [1.165, 1.54) is 4.90 Å². The number of urea groups is 1. The van der Waals surface area contributed by atoms with Crippen LogP contribution in [-0.2, 0) is 15.1 Å². The van der Waals surface area contributed by atoms with Crippen molar-refractivity contribution in [3.63, 3.8) is 0 Å². The molecule has 3 rings (SSSR count). The lowest BCUT2D eigenvalue weighted by molar-refractivity contribution is -0.170. The molecule has 1 fully saturated rings. The lowest BCUT2D eigenvalue weighted by atomic mass is 9.86. The minimum atomic E-state index is -1.91. The fourth-order valence-corrected chi connectivity index (χ4v) is 3.49. The molecule has 0 saturated carbocycles. The van der Waals surface area contributed by atoms with Gasteiger partial charge in [-0.05, 0) is 24.0 Å². The third-order valence-corrected chi connectivity index (χ3v) is 4.98. The van der Waals surface area contributed by atoms with E-state index in [4.69, 9.17) is 4.74 Å². The number of piperidine rings is 1. The average molecular weight is 382 g/mol. The Bertz CT molecular complexity index is 768. The van der Waals surface area contributed by atoms with E-state index < -0.39 is 17.7 Å². The summed E-state index contributed by atoms with van der Waals surface area (Å²) in [7, 11) is 3.39. The van der Waals surface area contributed by atoms with Gasteiger partial charge in [0.15, 0.2) is 0 Å². The molecule has 1 heterocycles. The maximum absolute atomic E-state index is 13.2. The Balaban J connectivity index is 1.84. The van der Waals surface area contributed by atoms with Crippen molar-refractivity contribution in [2.45, 2.75) is 24.5 Å². The van der Waals surface area contributed by atoms with Gasteiger partial charge >= 0.3 is 12.0 Å². The van der Waals surface area contributed by atoms with Crippen LogP contribution in [0.15, 0.2) is 60.7 Å². The molecule has 0 spiro atoms. The first-order chi connectivity index (χ1) is 13.4. The molecular weight excluding hydrogens is 356 g/mol. The molecule has 1 aliphatic rings. The van der Waals surface area contributed by atoms with Crippen molar-refractivity contribution in [3.8, 4) is 0 Å². The number of hydrogen-bond donors (Lipinski definition) is 1. The van der Waals surface area contributed by atoms with Gasteiger partial charge in [0, 0.05) is 20.6 Å². The molecule has 0 radical (unpaired) electrons. The van der Waals surface area contributed by atoms with Crippen LogP contribution >= 0.6 is 0 Å². The highest BCUT2D eigenvalue weighted by Gasteiger charge is 2.43. The summed E-state index contributed by atoms with van der Waals surface area (Å²) in [4.78, 5) is 28.6. The van der Waals surface area contributed by atoms with Gasteiger partial charge in [0.2, 0.25) is 5.60 Å². The third-order valence-electron chi connectivity index (χ3n) is 4.98. The van der Waals surface area contributed by atoms with Crippen LogP contribution < -0.4 is 0 Å². The largest absolute Gasteiger partial charge is 0.458 e. The molecular formula is C22H26N2O4. The number of likely N-dealkylation sites (tertiary alicyclic amines) is 1. The number of aliphatic hydroxyl groups is 1. The van der Waals surface area contributed by atoms with Crippen LogP contribution in [-0.4, -0.2) is 60.2 Å². The zero-order chi connectivity index (χ0) is 20.1. The summed E-state index contributed by atoms with van der Waals surface area (Å²) in [5.41, 5.74) is -1.01. The summed E-state index contributed by atoms with van der Waals surface area (Å²) in [5.74, 6) is -0.728. The fraction of sp³-hybridized carbons (Fsp3) is 0.364. The van der Waals surface area contributed by atoms with Gasteiger partial charge in [-0.25, -0.2) is 9.59 Å². The zero-order valence-electron chi connectivity index (χ0n) is 16.2. The maximum Gasteiger partial charge on any atom is 0.348 e. The smallest absolute Gasteiger partial charge is 0.348 e. The first-order valence-electron chi connectivity index (χ1n) is 9.43. The molecule has 6 nitrogen and oxygen atoms in total.